The molecule has 0 bridgehead atoms. The van der Waals surface area contributed by atoms with Crippen LogP contribution in [0, 0.1) is 0 Å². The largest absolute Gasteiger partial charge is 0.412 e. The van der Waals surface area contributed by atoms with E-state index in [1.54, 1.807) is 6.92 Å². The molecular weight excluding hydrogens is 220 g/mol. The lowest BCUT2D eigenvalue weighted by molar-refractivity contribution is -0.151. The first-order valence-electron chi connectivity index (χ1n) is 2.77. The minimum atomic E-state index is -4.34. The monoisotopic (exact) mass is 226 g/mol. The molecule has 68 valence electrons. The Labute approximate surface area is 72.7 Å². The standard InChI is InChI=1S/C4H7ClF3OPS/c1-2-10(5,11)9-3-4(6,7)8/h2-3H2,1H3. The Hall–Kier alpha value is 0.690. The SMILES string of the molecule is CCP(=S)(Cl)OCC(F)(F)F. The number of hydrogen-bond acceptors (Lipinski definition) is 2. The van der Waals surface area contributed by atoms with Crippen LogP contribution in [0.5, 0.6) is 0 Å². The van der Waals surface area contributed by atoms with Crippen LogP contribution in [-0.4, -0.2) is 18.9 Å². The average molecular weight is 227 g/mol. The molecule has 0 aromatic heterocycles. The molecule has 11 heavy (non-hydrogen) atoms. The third kappa shape index (κ3) is 7.06. The Morgan fingerprint density at radius 3 is 2.27 bits per heavy atom. The lowest BCUT2D eigenvalue weighted by atomic mass is 10.7. The van der Waals surface area contributed by atoms with Crippen molar-refractivity contribution in [1.82, 2.24) is 0 Å². The van der Waals surface area contributed by atoms with E-state index in [1.165, 1.54) is 0 Å². The zero-order chi connectivity index (χ0) is 9.12. The van der Waals surface area contributed by atoms with Crippen molar-refractivity contribution in [2.24, 2.45) is 0 Å². The number of hydrogen-bond donors (Lipinski definition) is 0. The van der Waals surface area contributed by atoms with Crippen LogP contribution >= 0.6 is 16.9 Å². The van der Waals surface area contributed by atoms with E-state index in [0.29, 0.717) is 0 Å². The van der Waals surface area contributed by atoms with Gasteiger partial charge in [0.15, 0.2) is 5.62 Å². The molecule has 7 heteroatoms. The van der Waals surface area contributed by atoms with Crippen LogP contribution in [-0.2, 0) is 16.3 Å². The van der Waals surface area contributed by atoms with Gasteiger partial charge in [-0.25, -0.2) is 0 Å². The maximum atomic E-state index is 11.5. The number of halogens is 4. The summed E-state index contributed by atoms with van der Waals surface area (Å²) in [4.78, 5) is 0. The molecule has 1 unspecified atom stereocenters. The maximum Gasteiger partial charge on any atom is 0.412 e. The third-order valence-corrected chi connectivity index (χ3v) is 4.17. The van der Waals surface area contributed by atoms with Crippen LogP contribution in [0.15, 0.2) is 0 Å². The highest BCUT2D eigenvalue weighted by Gasteiger charge is 2.30. The first kappa shape index (κ1) is 11.7. The zero-order valence-electron chi connectivity index (χ0n) is 5.69. The highest BCUT2D eigenvalue weighted by atomic mass is 35.7. The molecule has 0 saturated carbocycles. The molecule has 0 radical (unpaired) electrons. The first-order valence-corrected chi connectivity index (χ1v) is 6.58. The summed E-state index contributed by atoms with van der Waals surface area (Å²) in [6, 6.07) is 0. The van der Waals surface area contributed by atoms with Gasteiger partial charge < -0.3 is 4.52 Å². The molecule has 0 aliphatic heterocycles. The van der Waals surface area contributed by atoms with E-state index >= 15 is 0 Å². The fourth-order valence-corrected chi connectivity index (χ4v) is 1.09. The van der Waals surface area contributed by atoms with E-state index in [1.807, 2.05) is 0 Å². The van der Waals surface area contributed by atoms with Gasteiger partial charge in [0.1, 0.15) is 6.61 Å². The molecule has 0 rings (SSSR count). The highest BCUT2D eigenvalue weighted by molar-refractivity contribution is 8.24. The first-order chi connectivity index (χ1) is 4.77. The number of rotatable bonds is 3. The lowest BCUT2D eigenvalue weighted by Gasteiger charge is -2.13. The molecular formula is C4H7ClF3OPS. The summed E-state index contributed by atoms with van der Waals surface area (Å²) in [5.41, 5.74) is -2.68. The van der Waals surface area contributed by atoms with Gasteiger partial charge >= 0.3 is 6.18 Å². The molecule has 0 N–H and O–H groups in total. The zero-order valence-corrected chi connectivity index (χ0v) is 8.16. The predicted octanol–water partition coefficient (Wildman–Crippen LogP) is 3.13. The summed E-state index contributed by atoms with van der Waals surface area (Å²) in [7, 11) is 0. The van der Waals surface area contributed by atoms with Crippen LogP contribution in [0.2, 0.25) is 0 Å². The molecule has 0 aliphatic rings. The van der Waals surface area contributed by atoms with Gasteiger partial charge in [-0.15, -0.1) is 0 Å². The normalized spacial score (nSPS) is 17.9. The summed E-state index contributed by atoms with van der Waals surface area (Å²) in [5, 5.41) is 0. The van der Waals surface area contributed by atoms with Gasteiger partial charge in [-0.2, -0.15) is 13.2 Å². The summed E-state index contributed by atoms with van der Waals surface area (Å²) >= 11 is 10.00. The van der Waals surface area contributed by atoms with E-state index in [-0.39, 0.29) is 6.16 Å². The smallest absolute Gasteiger partial charge is 0.328 e. The summed E-state index contributed by atoms with van der Waals surface area (Å²) in [5.74, 6) is 0. The van der Waals surface area contributed by atoms with Crippen molar-refractivity contribution in [2.75, 3.05) is 12.8 Å². The van der Waals surface area contributed by atoms with Gasteiger partial charge in [-0.1, -0.05) is 30.0 Å². The Morgan fingerprint density at radius 1 is 1.55 bits per heavy atom. The molecule has 0 spiro atoms. The van der Waals surface area contributed by atoms with E-state index in [2.05, 4.69) is 16.3 Å². The molecule has 0 aliphatic carbocycles. The van der Waals surface area contributed by atoms with Crippen molar-refractivity contribution in [1.29, 1.82) is 0 Å². The van der Waals surface area contributed by atoms with Gasteiger partial charge in [-0.3, -0.25) is 0 Å². The topological polar surface area (TPSA) is 9.23 Å². The summed E-state index contributed by atoms with van der Waals surface area (Å²) < 4.78 is 38.8. The van der Waals surface area contributed by atoms with Gasteiger partial charge in [-0.05, 0) is 0 Å². The number of alkyl halides is 3. The Kier molecular flexibility index (Phi) is 4.33. The van der Waals surface area contributed by atoms with Crippen molar-refractivity contribution < 1.29 is 17.7 Å². The Morgan fingerprint density at radius 2 is 2.00 bits per heavy atom. The van der Waals surface area contributed by atoms with E-state index < -0.39 is 18.4 Å². The second-order valence-corrected chi connectivity index (χ2v) is 7.88. The van der Waals surface area contributed by atoms with Crippen molar-refractivity contribution in [3.8, 4) is 0 Å². The average Bonchev–Trinajstić information content (AvgIpc) is 1.83. The van der Waals surface area contributed by atoms with E-state index in [0.717, 1.165) is 0 Å². The highest BCUT2D eigenvalue weighted by Crippen LogP contribution is 2.52. The van der Waals surface area contributed by atoms with Crippen LogP contribution in [0.4, 0.5) is 13.2 Å². The van der Waals surface area contributed by atoms with Gasteiger partial charge in [0.25, 0.3) is 0 Å². The minimum absolute atomic E-state index is 0.264. The molecule has 0 saturated heterocycles. The summed E-state index contributed by atoms with van der Waals surface area (Å²) in [6.45, 7) is 0.256. The third-order valence-electron chi connectivity index (χ3n) is 0.799. The minimum Gasteiger partial charge on any atom is -0.328 e. The maximum absolute atomic E-state index is 11.5. The van der Waals surface area contributed by atoms with Gasteiger partial charge in [0.05, 0.1) is 0 Å². The van der Waals surface area contributed by atoms with Crippen molar-refractivity contribution in [3.05, 3.63) is 0 Å². The van der Waals surface area contributed by atoms with Gasteiger partial charge in [0, 0.05) is 6.16 Å². The lowest BCUT2D eigenvalue weighted by Crippen LogP contribution is -2.15. The molecule has 1 nitrogen and oxygen atoms in total. The second kappa shape index (κ2) is 4.08. The van der Waals surface area contributed by atoms with Crippen molar-refractivity contribution in [3.63, 3.8) is 0 Å². The molecule has 0 aromatic rings. The van der Waals surface area contributed by atoms with Crippen LogP contribution in [0.3, 0.4) is 0 Å². The van der Waals surface area contributed by atoms with Crippen molar-refractivity contribution in [2.45, 2.75) is 13.1 Å². The van der Waals surface area contributed by atoms with Gasteiger partial charge in [0.2, 0.25) is 0 Å². The van der Waals surface area contributed by atoms with E-state index in [9.17, 15) is 13.2 Å². The molecule has 0 heterocycles. The molecule has 1 atom stereocenters. The van der Waals surface area contributed by atoms with Crippen LogP contribution in [0.1, 0.15) is 6.92 Å². The molecule has 0 amide bonds. The Bertz CT molecular complexity index is 171. The quantitative estimate of drug-likeness (QED) is 0.684. The Balaban J connectivity index is 3.80. The molecule has 0 aromatic carbocycles. The predicted molar refractivity (Wildman–Crippen MR) is 42.7 cm³/mol. The second-order valence-electron chi connectivity index (χ2n) is 1.80. The van der Waals surface area contributed by atoms with Crippen LogP contribution < -0.4 is 0 Å². The molecule has 0 fully saturated rings. The van der Waals surface area contributed by atoms with E-state index in [4.69, 9.17) is 11.2 Å². The van der Waals surface area contributed by atoms with Crippen molar-refractivity contribution >= 4 is 28.7 Å². The van der Waals surface area contributed by atoms with Crippen LogP contribution in [0.25, 0.3) is 0 Å². The fourth-order valence-electron chi connectivity index (χ4n) is 0.261. The summed E-state index contributed by atoms with van der Waals surface area (Å²) in [6.07, 6.45) is -4.08. The fraction of sp³-hybridized carbons (Fsp3) is 1.00.